The molecule has 0 atom stereocenters. The Bertz CT molecular complexity index is 1370. The average Bonchev–Trinajstić information content (AvgIpc) is 2.89. The summed E-state index contributed by atoms with van der Waals surface area (Å²) in [5.74, 6) is -2.53. The summed E-state index contributed by atoms with van der Waals surface area (Å²) in [5.41, 5.74) is -0.230. The molecule has 1 saturated heterocycles. The lowest BCUT2D eigenvalue weighted by molar-refractivity contribution is -0.131. The van der Waals surface area contributed by atoms with Crippen molar-refractivity contribution in [2.24, 2.45) is 0 Å². The molecule has 4 rings (SSSR count). The maximum atomic E-state index is 15.0. The standard InChI is InChI=1S/C24H25FN6O5/c1-2-29-14-16(24(35)36)22(33)15-11-17(25)20(12-19(15)29)30-7-9-31(10-8-30)21(32)3-4-28-23(34)18-13-26-5-6-27-18/h5-6,11-14H,2-4,7-10H2,1H3,(H,28,34)(H,35,36). The second-order valence-corrected chi connectivity index (χ2v) is 8.25. The average molecular weight is 496 g/mol. The second kappa shape index (κ2) is 10.5. The van der Waals surface area contributed by atoms with Crippen molar-refractivity contribution in [3.63, 3.8) is 0 Å². The number of nitrogens with one attached hydrogen (secondary N) is 1. The van der Waals surface area contributed by atoms with Crippen molar-refractivity contribution >= 4 is 34.4 Å². The third-order valence-corrected chi connectivity index (χ3v) is 6.11. The highest BCUT2D eigenvalue weighted by Crippen LogP contribution is 2.26. The summed E-state index contributed by atoms with van der Waals surface area (Å²) in [6.07, 6.45) is 5.60. The molecule has 1 aliphatic rings. The van der Waals surface area contributed by atoms with Crippen LogP contribution in [0.15, 0.2) is 41.7 Å². The van der Waals surface area contributed by atoms with E-state index in [0.717, 1.165) is 6.07 Å². The Morgan fingerprint density at radius 3 is 2.53 bits per heavy atom. The summed E-state index contributed by atoms with van der Waals surface area (Å²) in [6.45, 7) is 3.85. The number of piperazine rings is 1. The first kappa shape index (κ1) is 24.8. The number of amides is 2. The summed E-state index contributed by atoms with van der Waals surface area (Å²) in [6, 6.07) is 2.64. The maximum absolute atomic E-state index is 15.0. The fourth-order valence-electron chi connectivity index (χ4n) is 4.20. The van der Waals surface area contributed by atoms with E-state index in [0.29, 0.717) is 38.2 Å². The van der Waals surface area contributed by atoms with Crippen molar-refractivity contribution in [2.75, 3.05) is 37.6 Å². The number of rotatable bonds is 7. The number of anilines is 1. The number of carboxylic acid groups (broad SMARTS) is 1. The van der Waals surface area contributed by atoms with E-state index in [9.17, 15) is 24.3 Å². The number of hydrogen-bond acceptors (Lipinski definition) is 7. The predicted molar refractivity (Wildman–Crippen MR) is 129 cm³/mol. The third-order valence-electron chi connectivity index (χ3n) is 6.11. The van der Waals surface area contributed by atoms with E-state index in [-0.39, 0.29) is 35.6 Å². The zero-order valence-corrected chi connectivity index (χ0v) is 19.6. The number of aromatic nitrogens is 3. The molecule has 12 heteroatoms. The number of aromatic carboxylic acids is 1. The van der Waals surface area contributed by atoms with Gasteiger partial charge in [-0.1, -0.05) is 0 Å². The van der Waals surface area contributed by atoms with Gasteiger partial charge in [0.05, 0.1) is 17.4 Å². The monoisotopic (exact) mass is 496 g/mol. The molecule has 1 fully saturated rings. The first-order valence-electron chi connectivity index (χ1n) is 11.5. The summed E-state index contributed by atoms with van der Waals surface area (Å²) < 4.78 is 16.6. The van der Waals surface area contributed by atoms with Gasteiger partial charge in [0, 0.05) is 69.7 Å². The number of halogens is 1. The van der Waals surface area contributed by atoms with Gasteiger partial charge in [-0.15, -0.1) is 0 Å². The highest BCUT2D eigenvalue weighted by molar-refractivity contribution is 5.94. The van der Waals surface area contributed by atoms with Crippen LogP contribution in [0.4, 0.5) is 10.1 Å². The number of aryl methyl sites for hydroxylation is 1. The molecule has 188 valence electrons. The summed E-state index contributed by atoms with van der Waals surface area (Å²) in [5, 5.41) is 12.0. The van der Waals surface area contributed by atoms with Gasteiger partial charge in [0.1, 0.15) is 17.1 Å². The van der Waals surface area contributed by atoms with Crippen LogP contribution < -0.4 is 15.6 Å². The smallest absolute Gasteiger partial charge is 0.341 e. The molecule has 3 heterocycles. The molecule has 3 aromatic rings. The van der Waals surface area contributed by atoms with Crippen LogP contribution in [0.5, 0.6) is 0 Å². The molecule has 0 bridgehead atoms. The molecule has 11 nitrogen and oxygen atoms in total. The Kier molecular flexibility index (Phi) is 7.23. The van der Waals surface area contributed by atoms with E-state index in [4.69, 9.17) is 0 Å². The molecular formula is C24H25FN6O5. The molecule has 0 radical (unpaired) electrons. The van der Waals surface area contributed by atoms with Gasteiger partial charge >= 0.3 is 5.97 Å². The molecular weight excluding hydrogens is 471 g/mol. The SMILES string of the molecule is CCn1cc(C(=O)O)c(=O)c2cc(F)c(N3CCN(C(=O)CCNC(=O)c4cnccn4)CC3)cc21. The van der Waals surface area contributed by atoms with Crippen LogP contribution in [0.25, 0.3) is 10.9 Å². The van der Waals surface area contributed by atoms with E-state index in [1.54, 1.807) is 27.4 Å². The molecule has 36 heavy (non-hydrogen) atoms. The minimum Gasteiger partial charge on any atom is -0.477 e. The van der Waals surface area contributed by atoms with Gasteiger partial charge < -0.3 is 24.8 Å². The van der Waals surface area contributed by atoms with Crippen molar-refractivity contribution in [3.05, 3.63) is 64.2 Å². The van der Waals surface area contributed by atoms with E-state index in [2.05, 4.69) is 15.3 Å². The third kappa shape index (κ3) is 5.02. The number of hydrogen-bond donors (Lipinski definition) is 2. The fourth-order valence-corrected chi connectivity index (χ4v) is 4.20. The summed E-state index contributed by atoms with van der Waals surface area (Å²) in [7, 11) is 0. The van der Waals surface area contributed by atoms with E-state index in [1.165, 1.54) is 24.8 Å². The number of fused-ring (bicyclic) bond motifs is 1. The molecule has 1 aromatic carbocycles. The number of pyridine rings is 1. The van der Waals surface area contributed by atoms with Crippen LogP contribution in [-0.2, 0) is 11.3 Å². The van der Waals surface area contributed by atoms with Crippen molar-refractivity contribution in [2.45, 2.75) is 19.9 Å². The number of carboxylic acids is 1. The lowest BCUT2D eigenvalue weighted by Gasteiger charge is -2.36. The zero-order valence-electron chi connectivity index (χ0n) is 19.6. The number of nitrogens with zero attached hydrogens (tertiary/aromatic N) is 5. The molecule has 0 spiro atoms. The predicted octanol–water partition coefficient (Wildman–Crippen LogP) is 1.12. The fraction of sp³-hybridized carbons (Fsp3) is 0.333. The first-order valence-corrected chi connectivity index (χ1v) is 11.5. The molecule has 2 N–H and O–H groups in total. The molecule has 0 aliphatic carbocycles. The van der Waals surface area contributed by atoms with E-state index < -0.39 is 28.7 Å². The Labute approximate surface area is 205 Å². The lowest BCUT2D eigenvalue weighted by Crippen LogP contribution is -2.49. The van der Waals surface area contributed by atoms with E-state index >= 15 is 4.39 Å². The zero-order chi connectivity index (χ0) is 25.8. The highest BCUT2D eigenvalue weighted by Gasteiger charge is 2.24. The van der Waals surface area contributed by atoms with Crippen molar-refractivity contribution < 1.29 is 23.9 Å². The van der Waals surface area contributed by atoms with Crippen molar-refractivity contribution in [1.82, 2.24) is 24.8 Å². The van der Waals surface area contributed by atoms with Crippen molar-refractivity contribution in [3.8, 4) is 0 Å². The van der Waals surface area contributed by atoms with Crippen LogP contribution in [0.2, 0.25) is 0 Å². The Balaban J connectivity index is 1.40. The maximum Gasteiger partial charge on any atom is 0.341 e. The van der Waals surface area contributed by atoms with Crippen molar-refractivity contribution in [1.29, 1.82) is 0 Å². The van der Waals surface area contributed by atoms with Gasteiger partial charge in [-0.2, -0.15) is 0 Å². The van der Waals surface area contributed by atoms with Gasteiger partial charge in [-0.05, 0) is 19.1 Å². The highest BCUT2D eigenvalue weighted by atomic mass is 19.1. The van der Waals surface area contributed by atoms with Gasteiger partial charge in [0.2, 0.25) is 11.3 Å². The molecule has 1 aliphatic heterocycles. The molecule has 2 aromatic heterocycles. The molecule has 0 unspecified atom stereocenters. The second-order valence-electron chi connectivity index (χ2n) is 8.25. The minimum absolute atomic E-state index is 0.00958. The Hall–Kier alpha value is -4.35. The topological polar surface area (TPSA) is 138 Å². The molecule has 2 amide bonds. The minimum atomic E-state index is -1.36. The Morgan fingerprint density at radius 2 is 1.89 bits per heavy atom. The number of benzene rings is 1. The number of carbonyl (C=O) groups is 3. The van der Waals surface area contributed by atoms with E-state index in [1.807, 2.05) is 0 Å². The van der Waals surface area contributed by atoms with Gasteiger partial charge in [0.15, 0.2) is 0 Å². The summed E-state index contributed by atoms with van der Waals surface area (Å²) >= 11 is 0. The number of carbonyl (C=O) groups excluding carboxylic acids is 2. The van der Waals surface area contributed by atoms with Crippen LogP contribution in [0.1, 0.15) is 34.2 Å². The van der Waals surface area contributed by atoms with Crippen LogP contribution in [0.3, 0.4) is 0 Å². The van der Waals surface area contributed by atoms with Gasteiger partial charge in [0.25, 0.3) is 5.91 Å². The molecule has 0 saturated carbocycles. The van der Waals surface area contributed by atoms with Crippen LogP contribution in [0, 0.1) is 5.82 Å². The normalized spacial score (nSPS) is 13.6. The van der Waals surface area contributed by atoms with Crippen LogP contribution >= 0.6 is 0 Å². The quantitative estimate of drug-likeness (QED) is 0.496. The Morgan fingerprint density at radius 1 is 1.14 bits per heavy atom. The van der Waals surface area contributed by atoms with Gasteiger partial charge in [-0.3, -0.25) is 19.4 Å². The van der Waals surface area contributed by atoms with Crippen LogP contribution in [-0.4, -0.2) is 75.0 Å². The summed E-state index contributed by atoms with van der Waals surface area (Å²) in [4.78, 5) is 59.7. The first-order chi connectivity index (χ1) is 17.3. The lowest BCUT2D eigenvalue weighted by atomic mass is 10.1. The van der Waals surface area contributed by atoms with Gasteiger partial charge in [-0.25, -0.2) is 14.2 Å². The largest absolute Gasteiger partial charge is 0.477 e.